The van der Waals surface area contributed by atoms with Gasteiger partial charge in [-0.1, -0.05) is 17.8 Å². The Balaban J connectivity index is 1.62. The molecule has 3 nitrogen and oxygen atoms in total. The molecule has 1 fully saturated rings. The molecule has 0 bridgehead atoms. The molecule has 1 N–H and O–H groups in total. The average molecular weight is 327 g/mol. The lowest BCUT2D eigenvalue weighted by atomic mass is 10.1. The summed E-state index contributed by atoms with van der Waals surface area (Å²) in [5, 5.41) is 2.92. The Hall–Kier alpha value is -1.78. The SMILES string of the molecule is Cc1ccc(Sc2ccc(NC(=O)C3CCCO3)cc2)cc1C. The second-order valence-electron chi connectivity index (χ2n) is 5.86. The monoisotopic (exact) mass is 327 g/mol. The molecule has 3 rings (SSSR count). The molecule has 0 radical (unpaired) electrons. The molecule has 1 saturated heterocycles. The van der Waals surface area contributed by atoms with Crippen molar-refractivity contribution in [2.45, 2.75) is 42.6 Å². The molecule has 0 saturated carbocycles. The molecule has 1 unspecified atom stereocenters. The smallest absolute Gasteiger partial charge is 0.253 e. The Morgan fingerprint density at radius 1 is 1.09 bits per heavy atom. The normalized spacial score (nSPS) is 17.2. The van der Waals surface area contributed by atoms with Gasteiger partial charge in [0.1, 0.15) is 6.10 Å². The summed E-state index contributed by atoms with van der Waals surface area (Å²) in [4.78, 5) is 14.4. The maximum atomic E-state index is 12.0. The Morgan fingerprint density at radius 2 is 1.83 bits per heavy atom. The molecule has 2 aromatic carbocycles. The minimum Gasteiger partial charge on any atom is -0.368 e. The number of carbonyl (C=O) groups is 1. The van der Waals surface area contributed by atoms with Crippen LogP contribution in [0.15, 0.2) is 52.3 Å². The van der Waals surface area contributed by atoms with Crippen LogP contribution in [-0.4, -0.2) is 18.6 Å². The van der Waals surface area contributed by atoms with Crippen molar-refractivity contribution in [3.63, 3.8) is 0 Å². The van der Waals surface area contributed by atoms with Crippen LogP contribution in [0.5, 0.6) is 0 Å². The molecule has 1 atom stereocenters. The first-order valence-corrected chi connectivity index (χ1v) is 8.71. The highest BCUT2D eigenvalue weighted by Crippen LogP contribution is 2.30. The highest BCUT2D eigenvalue weighted by atomic mass is 32.2. The van der Waals surface area contributed by atoms with Crippen LogP contribution < -0.4 is 5.32 Å². The van der Waals surface area contributed by atoms with Gasteiger partial charge in [0.2, 0.25) is 0 Å². The van der Waals surface area contributed by atoms with Crippen molar-refractivity contribution in [1.29, 1.82) is 0 Å². The van der Waals surface area contributed by atoms with Crippen molar-refractivity contribution in [3.8, 4) is 0 Å². The predicted molar refractivity (Wildman–Crippen MR) is 94.1 cm³/mol. The summed E-state index contributed by atoms with van der Waals surface area (Å²) >= 11 is 1.73. The van der Waals surface area contributed by atoms with Gasteiger partial charge in [-0.2, -0.15) is 0 Å². The standard InChI is InChI=1S/C19H21NO2S/c1-13-5-8-17(12-14(13)2)23-16-9-6-15(7-10-16)20-19(21)18-4-3-11-22-18/h5-10,12,18H,3-4,11H2,1-2H3,(H,20,21). The van der Waals surface area contributed by atoms with E-state index in [1.165, 1.54) is 16.0 Å². The van der Waals surface area contributed by atoms with Crippen LogP contribution in [0, 0.1) is 13.8 Å². The van der Waals surface area contributed by atoms with E-state index in [1.54, 1.807) is 11.8 Å². The average Bonchev–Trinajstić information content (AvgIpc) is 3.07. The topological polar surface area (TPSA) is 38.3 Å². The van der Waals surface area contributed by atoms with Crippen LogP contribution in [0.4, 0.5) is 5.69 Å². The molecule has 1 aliphatic rings. The Bertz CT molecular complexity index is 691. The van der Waals surface area contributed by atoms with E-state index in [9.17, 15) is 4.79 Å². The summed E-state index contributed by atoms with van der Waals surface area (Å²) in [5.74, 6) is -0.0444. The first-order chi connectivity index (χ1) is 11.1. The van der Waals surface area contributed by atoms with Crippen LogP contribution in [-0.2, 0) is 9.53 Å². The van der Waals surface area contributed by atoms with Crippen molar-refractivity contribution >= 4 is 23.4 Å². The van der Waals surface area contributed by atoms with E-state index >= 15 is 0 Å². The van der Waals surface area contributed by atoms with Gasteiger partial charge in [0, 0.05) is 22.1 Å². The molecule has 0 aromatic heterocycles. The maximum absolute atomic E-state index is 12.0. The zero-order chi connectivity index (χ0) is 16.2. The molecule has 1 heterocycles. The number of carbonyl (C=O) groups excluding carboxylic acids is 1. The van der Waals surface area contributed by atoms with Gasteiger partial charge in [0.15, 0.2) is 0 Å². The first kappa shape index (κ1) is 16.1. The van der Waals surface area contributed by atoms with Crippen molar-refractivity contribution in [3.05, 3.63) is 53.6 Å². The number of nitrogens with one attached hydrogen (secondary N) is 1. The van der Waals surface area contributed by atoms with Gasteiger partial charge < -0.3 is 10.1 Å². The lowest BCUT2D eigenvalue weighted by molar-refractivity contribution is -0.124. The van der Waals surface area contributed by atoms with Crippen LogP contribution in [0.1, 0.15) is 24.0 Å². The molecular formula is C19H21NO2S. The predicted octanol–water partition coefficient (Wildman–Crippen LogP) is 4.57. The fraction of sp³-hybridized carbons (Fsp3) is 0.316. The van der Waals surface area contributed by atoms with Gasteiger partial charge in [-0.15, -0.1) is 0 Å². The van der Waals surface area contributed by atoms with E-state index in [0.29, 0.717) is 6.61 Å². The van der Waals surface area contributed by atoms with Gasteiger partial charge in [-0.3, -0.25) is 4.79 Å². The third-order valence-corrected chi connectivity index (χ3v) is 5.06. The lowest BCUT2D eigenvalue weighted by Gasteiger charge is -2.11. The van der Waals surface area contributed by atoms with Gasteiger partial charge in [0.05, 0.1) is 0 Å². The summed E-state index contributed by atoms with van der Waals surface area (Å²) in [6.45, 7) is 4.93. The third-order valence-electron chi connectivity index (χ3n) is 4.06. The van der Waals surface area contributed by atoms with E-state index in [4.69, 9.17) is 4.74 Å². The van der Waals surface area contributed by atoms with Crippen molar-refractivity contribution in [2.24, 2.45) is 0 Å². The van der Waals surface area contributed by atoms with E-state index in [1.807, 2.05) is 24.3 Å². The second kappa shape index (κ2) is 7.20. The molecular weight excluding hydrogens is 306 g/mol. The van der Waals surface area contributed by atoms with Crippen molar-refractivity contribution < 1.29 is 9.53 Å². The number of rotatable bonds is 4. The Labute approximate surface area is 141 Å². The number of amides is 1. The lowest BCUT2D eigenvalue weighted by Crippen LogP contribution is -2.26. The molecule has 1 aliphatic heterocycles. The highest BCUT2D eigenvalue weighted by Gasteiger charge is 2.23. The van der Waals surface area contributed by atoms with E-state index in [2.05, 4.69) is 37.4 Å². The molecule has 120 valence electrons. The van der Waals surface area contributed by atoms with Crippen LogP contribution in [0.25, 0.3) is 0 Å². The molecule has 0 spiro atoms. The van der Waals surface area contributed by atoms with E-state index in [0.717, 1.165) is 23.4 Å². The molecule has 1 amide bonds. The molecule has 4 heteroatoms. The largest absolute Gasteiger partial charge is 0.368 e. The highest BCUT2D eigenvalue weighted by molar-refractivity contribution is 7.99. The Kier molecular flexibility index (Phi) is 5.03. The summed E-state index contributed by atoms with van der Waals surface area (Å²) < 4.78 is 5.39. The number of hydrogen-bond donors (Lipinski definition) is 1. The molecule has 2 aromatic rings. The Morgan fingerprint density at radius 3 is 2.48 bits per heavy atom. The second-order valence-corrected chi connectivity index (χ2v) is 7.01. The van der Waals surface area contributed by atoms with Gasteiger partial charge in [0.25, 0.3) is 5.91 Å². The zero-order valence-corrected chi connectivity index (χ0v) is 14.3. The minimum atomic E-state index is -0.292. The third kappa shape index (κ3) is 4.15. The van der Waals surface area contributed by atoms with Gasteiger partial charge in [-0.05, 0) is 74.2 Å². The molecule has 0 aliphatic carbocycles. The minimum absolute atomic E-state index is 0.0444. The number of anilines is 1. The van der Waals surface area contributed by atoms with E-state index in [-0.39, 0.29) is 12.0 Å². The first-order valence-electron chi connectivity index (χ1n) is 7.89. The van der Waals surface area contributed by atoms with Gasteiger partial charge >= 0.3 is 0 Å². The van der Waals surface area contributed by atoms with Crippen LogP contribution in [0.3, 0.4) is 0 Å². The summed E-state index contributed by atoms with van der Waals surface area (Å²) in [6, 6.07) is 14.4. The van der Waals surface area contributed by atoms with Crippen LogP contribution >= 0.6 is 11.8 Å². The number of benzene rings is 2. The maximum Gasteiger partial charge on any atom is 0.253 e. The van der Waals surface area contributed by atoms with Crippen molar-refractivity contribution in [1.82, 2.24) is 0 Å². The van der Waals surface area contributed by atoms with Crippen molar-refractivity contribution in [2.75, 3.05) is 11.9 Å². The number of ether oxygens (including phenoxy) is 1. The summed E-state index contributed by atoms with van der Waals surface area (Å²) in [6.07, 6.45) is 1.48. The zero-order valence-electron chi connectivity index (χ0n) is 13.5. The number of hydrogen-bond acceptors (Lipinski definition) is 3. The number of aryl methyl sites for hydroxylation is 2. The van der Waals surface area contributed by atoms with E-state index < -0.39 is 0 Å². The molecule has 23 heavy (non-hydrogen) atoms. The summed E-state index contributed by atoms with van der Waals surface area (Å²) in [7, 11) is 0. The fourth-order valence-corrected chi connectivity index (χ4v) is 3.44. The summed E-state index contributed by atoms with van der Waals surface area (Å²) in [5.41, 5.74) is 3.42. The van der Waals surface area contributed by atoms with Crippen LogP contribution in [0.2, 0.25) is 0 Å². The quantitative estimate of drug-likeness (QED) is 0.894. The fourth-order valence-electron chi connectivity index (χ4n) is 2.53. The van der Waals surface area contributed by atoms with Gasteiger partial charge in [-0.25, -0.2) is 0 Å².